The van der Waals surface area contributed by atoms with Gasteiger partial charge in [-0.25, -0.2) is 14.4 Å². The monoisotopic (exact) mass is 216 g/mol. The van der Waals surface area contributed by atoms with Crippen LogP contribution >= 0.6 is 0 Å². The van der Waals surface area contributed by atoms with E-state index in [0.29, 0.717) is 22.6 Å². The summed E-state index contributed by atoms with van der Waals surface area (Å²) in [5.74, 6) is 0.261. The SMILES string of the molecule is Cn1cnc(-c2nc3c(F)cccc3[nH]2)c1. The molecule has 0 spiro atoms. The average Bonchev–Trinajstić information content (AvgIpc) is 2.84. The first-order valence-electron chi connectivity index (χ1n) is 4.86. The highest BCUT2D eigenvalue weighted by atomic mass is 19.1. The van der Waals surface area contributed by atoms with Crippen molar-refractivity contribution >= 4 is 11.0 Å². The Morgan fingerprint density at radius 2 is 2.25 bits per heavy atom. The smallest absolute Gasteiger partial charge is 0.158 e. The molecule has 0 aliphatic heterocycles. The van der Waals surface area contributed by atoms with Crippen LogP contribution in [0.2, 0.25) is 0 Å². The number of imidazole rings is 2. The van der Waals surface area contributed by atoms with Gasteiger partial charge in [0.25, 0.3) is 0 Å². The van der Waals surface area contributed by atoms with Crippen LogP contribution in [0.1, 0.15) is 0 Å². The number of aromatic nitrogens is 4. The van der Waals surface area contributed by atoms with Crippen LogP contribution < -0.4 is 0 Å². The van der Waals surface area contributed by atoms with E-state index in [0.717, 1.165) is 0 Å². The molecule has 2 heterocycles. The van der Waals surface area contributed by atoms with Crippen molar-refractivity contribution in [2.45, 2.75) is 0 Å². The third-order valence-corrected chi connectivity index (χ3v) is 2.41. The zero-order valence-corrected chi connectivity index (χ0v) is 8.61. The molecule has 3 aromatic rings. The number of halogens is 1. The van der Waals surface area contributed by atoms with Crippen LogP contribution in [0, 0.1) is 5.82 Å². The van der Waals surface area contributed by atoms with Gasteiger partial charge in [-0.15, -0.1) is 0 Å². The Morgan fingerprint density at radius 1 is 1.38 bits per heavy atom. The van der Waals surface area contributed by atoms with Crippen LogP contribution in [0.4, 0.5) is 4.39 Å². The number of hydrogen-bond donors (Lipinski definition) is 1. The Balaban J connectivity index is 2.22. The molecule has 0 fully saturated rings. The number of rotatable bonds is 1. The molecule has 1 N–H and O–H groups in total. The Morgan fingerprint density at radius 3 is 2.94 bits per heavy atom. The van der Waals surface area contributed by atoms with Crippen molar-refractivity contribution < 1.29 is 4.39 Å². The predicted octanol–water partition coefficient (Wildman–Crippen LogP) is 2.10. The Kier molecular flexibility index (Phi) is 1.80. The third-order valence-electron chi connectivity index (χ3n) is 2.41. The lowest BCUT2D eigenvalue weighted by atomic mass is 10.3. The fraction of sp³-hybridized carbons (Fsp3) is 0.0909. The number of benzene rings is 1. The number of nitrogens with one attached hydrogen (secondary N) is 1. The highest BCUT2D eigenvalue weighted by molar-refractivity contribution is 5.79. The first kappa shape index (κ1) is 9.08. The van der Waals surface area contributed by atoms with E-state index in [1.165, 1.54) is 6.07 Å². The average molecular weight is 216 g/mol. The van der Waals surface area contributed by atoms with E-state index in [-0.39, 0.29) is 5.82 Å². The molecular formula is C11H9FN4. The van der Waals surface area contributed by atoms with Crippen molar-refractivity contribution in [3.63, 3.8) is 0 Å². The number of aromatic amines is 1. The van der Waals surface area contributed by atoms with Crippen molar-refractivity contribution in [1.82, 2.24) is 19.5 Å². The second kappa shape index (κ2) is 3.16. The number of fused-ring (bicyclic) bond motifs is 1. The minimum atomic E-state index is -0.323. The molecule has 0 atom stereocenters. The molecule has 0 radical (unpaired) electrons. The van der Waals surface area contributed by atoms with E-state index in [4.69, 9.17) is 0 Å². The molecule has 0 amide bonds. The number of H-pyrrole nitrogens is 1. The highest BCUT2D eigenvalue weighted by Crippen LogP contribution is 2.20. The summed E-state index contributed by atoms with van der Waals surface area (Å²) in [5.41, 5.74) is 1.74. The zero-order valence-electron chi connectivity index (χ0n) is 8.61. The van der Waals surface area contributed by atoms with E-state index >= 15 is 0 Å². The summed E-state index contributed by atoms with van der Waals surface area (Å²) >= 11 is 0. The van der Waals surface area contributed by atoms with Crippen molar-refractivity contribution in [3.05, 3.63) is 36.5 Å². The lowest BCUT2D eigenvalue weighted by Crippen LogP contribution is -1.80. The summed E-state index contributed by atoms with van der Waals surface area (Å²) in [5, 5.41) is 0. The van der Waals surface area contributed by atoms with Crippen LogP contribution in [0.3, 0.4) is 0 Å². The number of hydrogen-bond acceptors (Lipinski definition) is 2. The van der Waals surface area contributed by atoms with Crippen molar-refractivity contribution in [3.8, 4) is 11.5 Å². The minimum absolute atomic E-state index is 0.323. The normalized spacial score (nSPS) is 11.1. The van der Waals surface area contributed by atoms with Gasteiger partial charge < -0.3 is 9.55 Å². The zero-order chi connectivity index (χ0) is 11.1. The van der Waals surface area contributed by atoms with Crippen molar-refractivity contribution in [2.24, 2.45) is 7.05 Å². The molecule has 0 aliphatic carbocycles. The van der Waals surface area contributed by atoms with Gasteiger partial charge in [0.15, 0.2) is 11.6 Å². The summed E-state index contributed by atoms with van der Waals surface area (Å²) < 4.78 is 15.2. The fourth-order valence-electron chi connectivity index (χ4n) is 1.65. The molecule has 1 aromatic carbocycles. The van der Waals surface area contributed by atoms with Gasteiger partial charge in [0.05, 0.1) is 11.8 Å². The van der Waals surface area contributed by atoms with Crippen LogP contribution in [0.25, 0.3) is 22.6 Å². The first-order chi connectivity index (χ1) is 7.74. The summed E-state index contributed by atoms with van der Waals surface area (Å²) in [6, 6.07) is 4.83. The maximum absolute atomic E-state index is 13.4. The molecule has 5 heteroatoms. The lowest BCUT2D eigenvalue weighted by Gasteiger charge is -1.86. The van der Waals surface area contributed by atoms with Gasteiger partial charge in [0, 0.05) is 13.2 Å². The predicted molar refractivity (Wildman–Crippen MR) is 58.3 cm³/mol. The number of nitrogens with zero attached hydrogens (tertiary/aromatic N) is 3. The topological polar surface area (TPSA) is 46.5 Å². The van der Waals surface area contributed by atoms with Gasteiger partial charge in [-0.1, -0.05) is 6.07 Å². The fourth-order valence-corrected chi connectivity index (χ4v) is 1.65. The van der Waals surface area contributed by atoms with Crippen molar-refractivity contribution in [2.75, 3.05) is 0 Å². The quantitative estimate of drug-likeness (QED) is 0.677. The molecule has 3 rings (SSSR count). The molecule has 2 aromatic heterocycles. The second-order valence-electron chi connectivity index (χ2n) is 3.65. The molecule has 0 saturated carbocycles. The van der Waals surface area contributed by atoms with E-state index in [2.05, 4.69) is 15.0 Å². The Hall–Kier alpha value is -2.17. The summed E-state index contributed by atoms with van der Waals surface area (Å²) in [7, 11) is 1.87. The standard InChI is InChI=1S/C11H9FN4/c1-16-5-9(13-6-16)11-14-8-4-2-3-7(12)10(8)15-11/h2-6H,1H3,(H,14,15). The van der Waals surface area contributed by atoms with E-state index < -0.39 is 0 Å². The highest BCUT2D eigenvalue weighted by Gasteiger charge is 2.09. The molecule has 0 saturated heterocycles. The Bertz CT molecular complexity index is 653. The number of aryl methyl sites for hydroxylation is 1. The Labute approximate surface area is 90.8 Å². The van der Waals surface area contributed by atoms with Gasteiger partial charge in [-0.05, 0) is 12.1 Å². The molecule has 0 aliphatic rings. The first-order valence-corrected chi connectivity index (χ1v) is 4.86. The molecule has 0 unspecified atom stereocenters. The summed E-state index contributed by atoms with van der Waals surface area (Å²) in [6.45, 7) is 0. The van der Waals surface area contributed by atoms with E-state index in [9.17, 15) is 4.39 Å². The second-order valence-corrected chi connectivity index (χ2v) is 3.65. The maximum Gasteiger partial charge on any atom is 0.158 e. The summed E-state index contributed by atoms with van der Waals surface area (Å²) in [6.07, 6.45) is 3.51. The largest absolute Gasteiger partial charge is 0.340 e. The van der Waals surface area contributed by atoms with Crippen LogP contribution in [-0.2, 0) is 7.05 Å². The molecular weight excluding hydrogens is 207 g/mol. The molecule has 16 heavy (non-hydrogen) atoms. The molecule has 80 valence electrons. The van der Waals surface area contributed by atoms with Crippen molar-refractivity contribution in [1.29, 1.82) is 0 Å². The van der Waals surface area contributed by atoms with Gasteiger partial charge in [-0.2, -0.15) is 0 Å². The van der Waals surface area contributed by atoms with Gasteiger partial charge in [-0.3, -0.25) is 0 Å². The molecule has 0 bridgehead atoms. The molecule has 4 nitrogen and oxygen atoms in total. The van der Waals surface area contributed by atoms with E-state index in [1.807, 2.05) is 17.8 Å². The van der Waals surface area contributed by atoms with E-state index in [1.54, 1.807) is 18.5 Å². The van der Waals surface area contributed by atoms with Gasteiger partial charge in [0.2, 0.25) is 0 Å². The third kappa shape index (κ3) is 1.29. The van der Waals surface area contributed by atoms with Crippen LogP contribution in [0.5, 0.6) is 0 Å². The van der Waals surface area contributed by atoms with Gasteiger partial charge in [0.1, 0.15) is 11.2 Å². The lowest BCUT2D eigenvalue weighted by molar-refractivity contribution is 0.637. The summed E-state index contributed by atoms with van der Waals surface area (Å²) in [4.78, 5) is 11.4. The van der Waals surface area contributed by atoms with Crippen LogP contribution in [0.15, 0.2) is 30.7 Å². The van der Waals surface area contributed by atoms with Gasteiger partial charge >= 0.3 is 0 Å². The maximum atomic E-state index is 13.4. The number of para-hydroxylation sites is 1. The minimum Gasteiger partial charge on any atom is -0.340 e. The van der Waals surface area contributed by atoms with Crippen LogP contribution in [-0.4, -0.2) is 19.5 Å².